The molecule has 8 heteroatoms. The molecule has 4 rings (SSSR count). The second-order valence-corrected chi connectivity index (χ2v) is 7.96. The van der Waals surface area contributed by atoms with E-state index < -0.39 is 16.0 Å². The van der Waals surface area contributed by atoms with E-state index in [1.54, 1.807) is 24.3 Å². The Bertz CT molecular complexity index is 1160. The Morgan fingerprint density at radius 1 is 0.889 bits per heavy atom. The molecule has 0 aromatic heterocycles. The number of amides is 1. The van der Waals surface area contributed by atoms with Crippen LogP contribution in [-0.4, -0.2) is 24.7 Å². The SMILES string of the molecule is O=C1CC(c2ccc(S(=O)(=O)[O-])cc2)=C2C(=O)NC(c3ccc(Cl)cc3)=C12. The first kappa shape index (κ1) is 17.7. The number of ketones is 1. The highest BCUT2D eigenvalue weighted by atomic mass is 35.5. The summed E-state index contributed by atoms with van der Waals surface area (Å²) in [7, 11) is -4.56. The van der Waals surface area contributed by atoms with Gasteiger partial charge in [-0.25, -0.2) is 8.42 Å². The lowest BCUT2D eigenvalue weighted by Gasteiger charge is -2.09. The highest BCUT2D eigenvalue weighted by Crippen LogP contribution is 2.42. The smallest absolute Gasteiger partial charge is 0.256 e. The van der Waals surface area contributed by atoms with Crippen molar-refractivity contribution >= 4 is 44.7 Å². The van der Waals surface area contributed by atoms with E-state index in [2.05, 4.69) is 5.32 Å². The van der Waals surface area contributed by atoms with Gasteiger partial charge in [-0.3, -0.25) is 9.59 Å². The summed E-state index contributed by atoms with van der Waals surface area (Å²) in [6.07, 6.45) is 0.0264. The lowest BCUT2D eigenvalue weighted by atomic mass is 10.0. The van der Waals surface area contributed by atoms with Crippen molar-refractivity contribution in [2.24, 2.45) is 0 Å². The van der Waals surface area contributed by atoms with E-state index in [9.17, 15) is 22.6 Å². The molecule has 2 aromatic carbocycles. The van der Waals surface area contributed by atoms with Crippen LogP contribution in [0, 0.1) is 0 Å². The van der Waals surface area contributed by atoms with Crippen LogP contribution in [0.4, 0.5) is 0 Å². The first-order valence-corrected chi connectivity index (χ1v) is 9.69. The number of carbonyl (C=O) groups excluding carboxylic acids is 2. The fraction of sp³-hybridized carbons (Fsp3) is 0.0526. The summed E-state index contributed by atoms with van der Waals surface area (Å²) in [5.74, 6) is -0.597. The third-order valence-corrected chi connectivity index (χ3v) is 5.61. The fourth-order valence-electron chi connectivity index (χ4n) is 3.28. The lowest BCUT2D eigenvalue weighted by molar-refractivity contribution is -0.116. The Kier molecular flexibility index (Phi) is 4.03. The molecule has 1 aliphatic heterocycles. The van der Waals surface area contributed by atoms with Crippen LogP contribution in [0.2, 0.25) is 5.02 Å². The van der Waals surface area contributed by atoms with Gasteiger partial charge in [-0.05, 0) is 41.0 Å². The number of carbonyl (C=O) groups is 2. The monoisotopic (exact) mass is 400 g/mol. The zero-order chi connectivity index (χ0) is 19.3. The van der Waals surface area contributed by atoms with Crippen molar-refractivity contribution in [2.45, 2.75) is 11.3 Å². The Labute approximate surface area is 159 Å². The number of Topliss-reactive ketones (excluding diaryl/α,β-unsaturated/α-hetero) is 1. The van der Waals surface area contributed by atoms with Crippen LogP contribution >= 0.6 is 11.6 Å². The van der Waals surface area contributed by atoms with E-state index in [-0.39, 0.29) is 22.7 Å². The number of allylic oxidation sites excluding steroid dienone is 1. The Balaban J connectivity index is 1.84. The molecule has 0 unspecified atom stereocenters. The Hall–Kier alpha value is -2.74. The summed E-state index contributed by atoms with van der Waals surface area (Å²) in [6, 6.07) is 12.0. The normalized spacial score (nSPS) is 16.8. The number of benzene rings is 2. The van der Waals surface area contributed by atoms with Crippen molar-refractivity contribution in [3.63, 3.8) is 0 Å². The largest absolute Gasteiger partial charge is 0.744 e. The highest BCUT2D eigenvalue weighted by Gasteiger charge is 2.40. The molecular weight excluding hydrogens is 390 g/mol. The summed E-state index contributed by atoms with van der Waals surface area (Å²) in [5.41, 5.74) is 2.73. The van der Waals surface area contributed by atoms with Gasteiger partial charge in [-0.2, -0.15) is 0 Å². The van der Waals surface area contributed by atoms with E-state index in [1.807, 2.05) is 0 Å². The molecule has 2 aliphatic rings. The summed E-state index contributed by atoms with van der Waals surface area (Å²) < 4.78 is 33.2. The summed E-state index contributed by atoms with van der Waals surface area (Å²) in [4.78, 5) is 24.8. The van der Waals surface area contributed by atoms with Crippen LogP contribution in [-0.2, 0) is 19.7 Å². The number of halogens is 1. The molecule has 0 spiro atoms. The molecule has 1 heterocycles. The van der Waals surface area contributed by atoms with Gasteiger partial charge in [-0.1, -0.05) is 35.9 Å². The number of hydrogen-bond acceptors (Lipinski definition) is 5. The van der Waals surface area contributed by atoms with E-state index in [4.69, 9.17) is 11.6 Å². The van der Waals surface area contributed by atoms with Gasteiger partial charge >= 0.3 is 0 Å². The topological polar surface area (TPSA) is 103 Å². The van der Waals surface area contributed by atoms with Crippen LogP contribution in [0.1, 0.15) is 17.5 Å². The van der Waals surface area contributed by atoms with Gasteiger partial charge in [0.15, 0.2) is 5.78 Å². The highest BCUT2D eigenvalue weighted by molar-refractivity contribution is 7.85. The molecule has 1 amide bonds. The third-order valence-electron chi connectivity index (χ3n) is 4.51. The van der Waals surface area contributed by atoms with Crippen molar-refractivity contribution in [3.8, 4) is 0 Å². The predicted molar refractivity (Wildman–Crippen MR) is 97.5 cm³/mol. The zero-order valence-corrected chi connectivity index (χ0v) is 15.2. The maximum atomic E-state index is 12.6. The van der Waals surface area contributed by atoms with Gasteiger partial charge in [0.1, 0.15) is 10.1 Å². The van der Waals surface area contributed by atoms with Crippen LogP contribution in [0.25, 0.3) is 11.3 Å². The molecule has 1 N–H and O–H groups in total. The maximum absolute atomic E-state index is 12.6. The second kappa shape index (κ2) is 6.16. The molecule has 27 heavy (non-hydrogen) atoms. The van der Waals surface area contributed by atoms with Crippen LogP contribution in [0.5, 0.6) is 0 Å². The molecular formula is C19H11ClNO5S-. The first-order chi connectivity index (χ1) is 12.8. The van der Waals surface area contributed by atoms with E-state index >= 15 is 0 Å². The molecule has 1 aliphatic carbocycles. The zero-order valence-electron chi connectivity index (χ0n) is 13.7. The average molecular weight is 401 g/mol. The first-order valence-electron chi connectivity index (χ1n) is 7.90. The molecule has 6 nitrogen and oxygen atoms in total. The quantitative estimate of drug-likeness (QED) is 0.797. The predicted octanol–water partition coefficient (Wildman–Crippen LogP) is 2.51. The molecule has 0 atom stereocenters. The Morgan fingerprint density at radius 2 is 1.48 bits per heavy atom. The lowest BCUT2D eigenvalue weighted by Crippen LogP contribution is -2.16. The molecule has 0 saturated heterocycles. The minimum absolute atomic E-state index is 0.0264. The van der Waals surface area contributed by atoms with E-state index in [1.165, 1.54) is 24.3 Å². The van der Waals surface area contributed by atoms with E-state index in [0.29, 0.717) is 33.0 Å². The van der Waals surface area contributed by atoms with Gasteiger partial charge in [0.25, 0.3) is 5.91 Å². The van der Waals surface area contributed by atoms with Crippen molar-refractivity contribution < 1.29 is 22.6 Å². The maximum Gasteiger partial charge on any atom is 0.256 e. The number of nitrogens with one attached hydrogen (secondary N) is 1. The van der Waals surface area contributed by atoms with Crippen LogP contribution in [0.3, 0.4) is 0 Å². The molecule has 0 bridgehead atoms. The second-order valence-electron chi connectivity index (χ2n) is 6.14. The molecule has 0 radical (unpaired) electrons. The third kappa shape index (κ3) is 2.99. The van der Waals surface area contributed by atoms with Crippen molar-refractivity contribution in [2.75, 3.05) is 0 Å². The van der Waals surface area contributed by atoms with Gasteiger partial charge in [-0.15, -0.1) is 0 Å². The summed E-state index contributed by atoms with van der Waals surface area (Å²) in [6.45, 7) is 0. The van der Waals surface area contributed by atoms with E-state index in [0.717, 1.165) is 0 Å². The van der Waals surface area contributed by atoms with Crippen LogP contribution in [0.15, 0.2) is 64.6 Å². The summed E-state index contributed by atoms with van der Waals surface area (Å²) >= 11 is 5.89. The van der Waals surface area contributed by atoms with Gasteiger partial charge in [0.2, 0.25) is 0 Å². The molecule has 2 aromatic rings. The number of hydrogen-bond donors (Lipinski definition) is 1. The number of fused-ring (bicyclic) bond motifs is 1. The van der Waals surface area contributed by atoms with Crippen molar-refractivity contribution in [1.82, 2.24) is 5.32 Å². The standard InChI is InChI=1S/C19H12ClNO5S/c20-12-5-1-11(2-6-12)18-17-15(22)9-14(16(17)19(23)21-18)10-3-7-13(8-4-10)27(24,25)26/h1-8H,9H2,(H,21,23)(H,24,25,26)/p-1. The van der Waals surface area contributed by atoms with Crippen LogP contribution < -0.4 is 5.32 Å². The van der Waals surface area contributed by atoms with Gasteiger partial charge in [0.05, 0.1) is 21.7 Å². The minimum atomic E-state index is -4.56. The summed E-state index contributed by atoms with van der Waals surface area (Å²) in [5, 5.41) is 3.27. The molecule has 136 valence electrons. The Morgan fingerprint density at radius 3 is 2.07 bits per heavy atom. The van der Waals surface area contributed by atoms with Crippen molar-refractivity contribution in [1.29, 1.82) is 0 Å². The molecule has 0 fully saturated rings. The number of rotatable bonds is 3. The molecule has 0 saturated carbocycles. The minimum Gasteiger partial charge on any atom is -0.744 e. The van der Waals surface area contributed by atoms with Gasteiger partial charge < -0.3 is 9.87 Å². The fourth-order valence-corrected chi connectivity index (χ4v) is 3.88. The van der Waals surface area contributed by atoms with Crippen molar-refractivity contribution in [3.05, 3.63) is 75.8 Å². The average Bonchev–Trinajstić information content (AvgIpc) is 3.14. The van der Waals surface area contributed by atoms with Gasteiger partial charge in [0, 0.05) is 11.4 Å².